The fraction of sp³-hybridized carbons (Fsp3) is 0.529. The Bertz CT molecular complexity index is 635. The predicted molar refractivity (Wildman–Crippen MR) is 78.6 cm³/mol. The van der Waals surface area contributed by atoms with Gasteiger partial charge in [0.1, 0.15) is 0 Å². The number of alkyl halides is 3. The number of carbonyl (C=O) groups is 2. The molecule has 7 heteroatoms. The number of amides is 2. The summed E-state index contributed by atoms with van der Waals surface area (Å²) in [6.45, 7) is -0.433. The fourth-order valence-electron chi connectivity index (χ4n) is 3.73. The molecule has 1 saturated carbocycles. The molecule has 0 bridgehead atoms. The third kappa shape index (κ3) is 2.92. The topological polar surface area (TPSA) is 57.6 Å². The minimum absolute atomic E-state index is 0.319. The normalized spacial score (nSPS) is 25.8. The number of aliphatic hydroxyl groups is 1. The summed E-state index contributed by atoms with van der Waals surface area (Å²) in [6.07, 6.45) is -3.18. The van der Waals surface area contributed by atoms with E-state index in [0.29, 0.717) is 12.8 Å². The van der Waals surface area contributed by atoms with E-state index < -0.39 is 24.4 Å². The van der Waals surface area contributed by atoms with E-state index >= 15 is 0 Å². The molecule has 2 amide bonds. The van der Waals surface area contributed by atoms with Gasteiger partial charge in [-0.2, -0.15) is 13.2 Å². The van der Waals surface area contributed by atoms with Crippen LogP contribution < -0.4 is 0 Å². The van der Waals surface area contributed by atoms with E-state index in [1.807, 2.05) is 0 Å². The highest BCUT2D eigenvalue weighted by Crippen LogP contribution is 2.40. The Labute approximate surface area is 137 Å². The number of β-amino-alcohol motifs (C(OH)–C–C–N with tert-alkyl or cyclic N) is 1. The molecule has 1 N–H and O–H groups in total. The lowest BCUT2D eigenvalue weighted by atomic mass is 9.81. The standard InChI is InChI=1S/C17H18F3NO3/c18-17(19,20)13-8-4-3-7-12(13)14(22)9-21-15(23)10-5-1-2-6-11(10)16(21)24/h3-4,7-8,10-11,14,22H,1-2,5-6,9H2. The van der Waals surface area contributed by atoms with Gasteiger partial charge in [0, 0.05) is 0 Å². The van der Waals surface area contributed by atoms with Crippen LogP contribution in [0.5, 0.6) is 0 Å². The second-order valence-electron chi connectivity index (χ2n) is 6.39. The first-order valence-corrected chi connectivity index (χ1v) is 8.00. The summed E-state index contributed by atoms with van der Waals surface area (Å²) >= 11 is 0. The van der Waals surface area contributed by atoms with Gasteiger partial charge in [0.2, 0.25) is 11.8 Å². The van der Waals surface area contributed by atoms with Crippen molar-refractivity contribution in [3.8, 4) is 0 Å². The SMILES string of the molecule is O=C1C2CCCCC2C(=O)N1CC(O)c1ccccc1C(F)(F)F. The summed E-state index contributed by atoms with van der Waals surface area (Å²) in [6, 6.07) is 4.68. The Hall–Kier alpha value is -1.89. The van der Waals surface area contributed by atoms with Gasteiger partial charge in [0.25, 0.3) is 0 Å². The monoisotopic (exact) mass is 341 g/mol. The van der Waals surface area contributed by atoms with Crippen LogP contribution in [0.2, 0.25) is 0 Å². The van der Waals surface area contributed by atoms with Gasteiger partial charge in [0.15, 0.2) is 0 Å². The van der Waals surface area contributed by atoms with Crippen LogP contribution in [0.15, 0.2) is 24.3 Å². The van der Waals surface area contributed by atoms with Crippen LogP contribution >= 0.6 is 0 Å². The number of nitrogens with zero attached hydrogens (tertiary/aromatic N) is 1. The zero-order valence-electron chi connectivity index (χ0n) is 12.9. The van der Waals surface area contributed by atoms with E-state index in [0.717, 1.165) is 23.8 Å². The van der Waals surface area contributed by atoms with Crippen LogP contribution in [0.1, 0.15) is 42.9 Å². The molecule has 1 aliphatic heterocycles. The third-order valence-corrected chi connectivity index (χ3v) is 4.91. The summed E-state index contributed by atoms with van der Waals surface area (Å²) in [7, 11) is 0. The number of fused-ring (bicyclic) bond motifs is 1. The van der Waals surface area contributed by atoms with Crippen LogP contribution in [0.25, 0.3) is 0 Å². The fourth-order valence-corrected chi connectivity index (χ4v) is 3.73. The van der Waals surface area contributed by atoms with E-state index in [9.17, 15) is 27.9 Å². The number of hydrogen-bond donors (Lipinski definition) is 1. The molecule has 2 fully saturated rings. The van der Waals surface area contributed by atoms with Crippen LogP contribution in [0.3, 0.4) is 0 Å². The van der Waals surface area contributed by atoms with Crippen molar-refractivity contribution in [3.05, 3.63) is 35.4 Å². The second kappa shape index (κ2) is 6.20. The Balaban J connectivity index is 1.82. The number of rotatable bonds is 3. The maximum Gasteiger partial charge on any atom is 0.416 e. The predicted octanol–water partition coefficient (Wildman–Crippen LogP) is 2.91. The summed E-state index contributed by atoms with van der Waals surface area (Å²) in [4.78, 5) is 25.7. The molecule has 1 aromatic carbocycles. The molecule has 4 nitrogen and oxygen atoms in total. The van der Waals surface area contributed by atoms with Crippen molar-refractivity contribution in [1.82, 2.24) is 4.90 Å². The van der Waals surface area contributed by atoms with Gasteiger partial charge in [0.05, 0.1) is 30.0 Å². The van der Waals surface area contributed by atoms with E-state index in [1.165, 1.54) is 18.2 Å². The van der Waals surface area contributed by atoms with Crippen molar-refractivity contribution in [3.63, 3.8) is 0 Å². The molecule has 130 valence electrons. The second-order valence-corrected chi connectivity index (χ2v) is 6.39. The molecule has 3 unspecified atom stereocenters. The minimum atomic E-state index is -4.61. The summed E-state index contributed by atoms with van der Waals surface area (Å²) in [5, 5.41) is 10.2. The lowest BCUT2D eigenvalue weighted by Gasteiger charge is -2.22. The molecule has 0 aromatic heterocycles. The molecule has 0 radical (unpaired) electrons. The van der Waals surface area contributed by atoms with Crippen LogP contribution in [0.4, 0.5) is 13.2 Å². The van der Waals surface area contributed by atoms with Gasteiger partial charge >= 0.3 is 6.18 Å². The van der Waals surface area contributed by atoms with E-state index in [4.69, 9.17) is 0 Å². The van der Waals surface area contributed by atoms with Crippen LogP contribution in [-0.2, 0) is 15.8 Å². The smallest absolute Gasteiger partial charge is 0.387 e. The Morgan fingerprint density at radius 2 is 1.62 bits per heavy atom. The first kappa shape index (κ1) is 17.0. The van der Waals surface area contributed by atoms with E-state index in [2.05, 4.69) is 0 Å². The van der Waals surface area contributed by atoms with Crippen LogP contribution in [-0.4, -0.2) is 28.4 Å². The number of aliphatic hydroxyl groups excluding tert-OH is 1. The Morgan fingerprint density at radius 1 is 1.08 bits per heavy atom. The molecule has 1 heterocycles. The highest BCUT2D eigenvalue weighted by Gasteiger charge is 2.48. The summed E-state index contributed by atoms with van der Waals surface area (Å²) < 4.78 is 39.2. The van der Waals surface area contributed by atoms with Gasteiger partial charge in [-0.3, -0.25) is 14.5 Å². The first-order valence-electron chi connectivity index (χ1n) is 8.00. The van der Waals surface area contributed by atoms with Gasteiger partial charge in [-0.1, -0.05) is 31.0 Å². The Kier molecular flexibility index (Phi) is 4.38. The van der Waals surface area contributed by atoms with Gasteiger partial charge < -0.3 is 5.11 Å². The van der Waals surface area contributed by atoms with Gasteiger partial charge in [-0.05, 0) is 24.5 Å². The number of imide groups is 1. The average molecular weight is 341 g/mol. The number of hydrogen-bond acceptors (Lipinski definition) is 3. The third-order valence-electron chi connectivity index (χ3n) is 4.91. The quantitative estimate of drug-likeness (QED) is 0.860. The van der Waals surface area contributed by atoms with Gasteiger partial charge in [-0.15, -0.1) is 0 Å². The molecule has 3 atom stereocenters. The van der Waals surface area contributed by atoms with Crippen molar-refractivity contribution in [2.45, 2.75) is 38.0 Å². The molecule has 0 spiro atoms. The van der Waals surface area contributed by atoms with Crippen molar-refractivity contribution >= 4 is 11.8 Å². The van der Waals surface area contributed by atoms with E-state index in [1.54, 1.807) is 0 Å². The lowest BCUT2D eigenvalue weighted by Crippen LogP contribution is -2.35. The molecular formula is C17H18F3NO3. The molecule has 2 aliphatic rings. The highest BCUT2D eigenvalue weighted by molar-refractivity contribution is 6.05. The largest absolute Gasteiger partial charge is 0.416 e. The van der Waals surface area contributed by atoms with Crippen molar-refractivity contribution in [2.24, 2.45) is 11.8 Å². The molecular weight excluding hydrogens is 323 g/mol. The Morgan fingerprint density at radius 3 is 2.17 bits per heavy atom. The van der Waals surface area contributed by atoms with E-state index in [-0.39, 0.29) is 29.2 Å². The average Bonchev–Trinajstić information content (AvgIpc) is 2.79. The highest BCUT2D eigenvalue weighted by atomic mass is 19.4. The summed E-state index contributed by atoms with van der Waals surface area (Å²) in [5.74, 6) is -1.49. The van der Waals surface area contributed by atoms with Crippen molar-refractivity contribution in [1.29, 1.82) is 0 Å². The maximum atomic E-state index is 13.1. The molecule has 3 rings (SSSR count). The number of halogens is 3. The first-order chi connectivity index (χ1) is 11.3. The minimum Gasteiger partial charge on any atom is -0.387 e. The van der Waals surface area contributed by atoms with Crippen LogP contribution in [0, 0.1) is 11.8 Å². The van der Waals surface area contributed by atoms with Crippen molar-refractivity contribution in [2.75, 3.05) is 6.54 Å². The zero-order chi connectivity index (χ0) is 17.5. The van der Waals surface area contributed by atoms with Gasteiger partial charge in [-0.25, -0.2) is 0 Å². The number of likely N-dealkylation sites (tertiary alicyclic amines) is 1. The van der Waals surface area contributed by atoms with Crippen molar-refractivity contribution < 1.29 is 27.9 Å². The lowest BCUT2D eigenvalue weighted by molar-refractivity contribution is -0.142. The molecule has 1 aliphatic carbocycles. The summed E-state index contributed by atoms with van der Waals surface area (Å²) in [5.41, 5.74) is -1.27. The number of benzene rings is 1. The molecule has 1 saturated heterocycles. The maximum absolute atomic E-state index is 13.1. The molecule has 24 heavy (non-hydrogen) atoms. The molecule has 1 aromatic rings. The zero-order valence-corrected chi connectivity index (χ0v) is 12.9. The number of carbonyl (C=O) groups excluding carboxylic acids is 2.